The van der Waals surface area contributed by atoms with Crippen molar-refractivity contribution in [1.29, 1.82) is 0 Å². The second kappa shape index (κ2) is 5.11. The molecule has 0 aliphatic heterocycles. The van der Waals surface area contributed by atoms with Gasteiger partial charge in [-0.3, -0.25) is 4.79 Å². The highest BCUT2D eigenvalue weighted by atomic mass is 35.5. The van der Waals surface area contributed by atoms with Gasteiger partial charge in [-0.25, -0.2) is 4.79 Å². The number of ether oxygens (including phenoxy) is 1. The maximum atomic E-state index is 11.8. The van der Waals surface area contributed by atoms with Crippen LogP contribution in [-0.4, -0.2) is 23.2 Å². The van der Waals surface area contributed by atoms with Crippen molar-refractivity contribution in [1.82, 2.24) is 4.98 Å². The Morgan fingerprint density at radius 1 is 1.47 bits per heavy atom. The Labute approximate surface area is 117 Å². The maximum Gasteiger partial charge on any atom is 0.341 e. The molecule has 19 heavy (non-hydrogen) atoms. The highest BCUT2D eigenvalue weighted by molar-refractivity contribution is 6.33. The fourth-order valence-corrected chi connectivity index (χ4v) is 2.40. The normalized spacial score (nSPS) is 10.7. The van der Waals surface area contributed by atoms with E-state index in [1.54, 1.807) is 6.07 Å². The molecule has 2 N–H and O–H groups in total. The number of hydrogen-bond donors (Lipinski definition) is 2. The Morgan fingerprint density at radius 3 is 2.68 bits per heavy atom. The third-order valence-corrected chi connectivity index (χ3v) is 3.30. The number of pyridine rings is 1. The van der Waals surface area contributed by atoms with Crippen molar-refractivity contribution in [3.8, 4) is 5.75 Å². The summed E-state index contributed by atoms with van der Waals surface area (Å²) in [6.45, 7) is 0. The predicted octanol–water partition coefficient (Wildman–Crippen LogP) is 2.63. The van der Waals surface area contributed by atoms with Crippen LogP contribution in [0.5, 0.6) is 5.75 Å². The summed E-state index contributed by atoms with van der Waals surface area (Å²) in [6.07, 6.45) is 0. The van der Waals surface area contributed by atoms with Crippen molar-refractivity contribution in [3.05, 3.63) is 38.6 Å². The van der Waals surface area contributed by atoms with Crippen LogP contribution in [0.4, 0.5) is 0 Å². The Kier molecular flexibility index (Phi) is 3.68. The number of rotatable bonds is 3. The highest BCUT2D eigenvalue weighted by Gasteiger charge is 2.19. The summed E-state index contributed by atoms with van der Waals surface area (Å²) in [5.74, 6) is -1.05. The second-order valence-corrected chi connectivity index (χ2v) is 4.45. The average Bonchev–Trinajstić information content (AvgIpc) is 2.35. The number of halogens is 2. The van der Waals surface area contributed by atoms with Gasteiger partial charge < -0.3 is 14.8 Å². The molecule has 7 heteroatoms. The summed E-state index contributed by atoms with van der Waals surface area (Å²) < 4.78 is 5.07. The molecule has 0 aliphatic rings. The molecule has 0 atom stereocenters. The first-order valence-corrected chi connectivity index (χ1v) is 6.12. The summed E-state index contributed by atoms with van der Waals surface area (Å²) >= 11 is 11.7. The largest absolute Gasteiger partial charge is 0.495 e. The highest BCUT2D eigenvalue weighted by Crippen LogP contribution is 2.31. The van der Waals surface area contributed by atoms with Crippen LogP contribution in [0.1, 0.15) is 15.9 Å². The Balaban J connectivity index is 2.95. The van der Waals surface area contributed by atoms with Gasteiger partial charge in [0, 0.05) is 11.3 Å². The molecule has 2 aromatic rings. The molecule has 0 saturated carbocycles. The first-order chi connectivity index (χ1) is 8.99. The van der Waals surface area contributed by atoms with E-state index >= 15 is 0 Å². The number of H-pyrrole nitrogens is 1. The van der Waals surface area contributed by atoms with Gasteiger partial charge in [-0.15, -0.1) is 11.6 Å². The molecule has 2 rings (SSSR count). The third-order valence-electron chi connectivity index (χ3n) is 2.74. The molecular weight excluding hydrogens is 293 g/mol. The number of aromatic carboxylic acids is 1. The number of aromatic amines is 1. The van der Waals surface area contributed by atoms with Gasteiger partial charge in [-0.05, 0) is 17.7 Å². The molecule has 100 valence electrons. The maximum absolute atomic E-state index is 11.8. The lowest BCUT2D eigenvalue weighted by Gasteiger charge is -2.10. The number of alkyl halides is 1. The van der Waals surface area contributed by atoms with E-state index in [-0.39, 0.29) is 17.0 Å². The average molecular weight is 302 g/mol. The minimum atomic E-state index is -1.33. The number of hydrogen-bond acceptors (Lipinski definition) is 3. The lowest BCUT2D eigenvalue weighted by molar-refractivity contribution is 0.0694. The van der Waals surface area contributed by atoms with Crippen molar-refractivity contribution in [2.75, 3.05) is 7.11 Å². The number of benzene rings is 1. The molecule has 0 spiro atoms. The fourth-order valence-electron chi connectivity index (χ4n) is 1.88. The smallest absolute Gasteiger partial charge is 0.341 e. The number of nitrogens with one attached hydrogen (secondary N) is 1. The molecule has 1 aromatic carbocycles. The van der Waals surface area contributed by atoms with Crippen LogP contribution in [0, 0.1) is 0 Å². The second-order valence-electron chi connectivity index (χ2n) is 3.78. The van der Waals surface area contributed by atoms with Crippen LogP contribution in [0.3, 0.4) is 0 Å². The van der Waals surface area contributed by atoms with E-state index in [2.05, 4.69) is 4.98 Å². The molecule has 0 amide bonds. The van der Waals surface area contributed by atoms with Crippen molar-refractivity contribution < 1.29 is 14.6 Å². The van der Waals surface area contributed by atoms with Crippen LogP contribution in [0.2, 0.25) is 5.02 Å². The van der Waals surface area contributed by atoms with E-state index in [4.69, 9.17) is 33.0 Å². The fraction of sp³-hybridized carbons (Fsp3) is 0.167. The van der Waals surface area contributed by atoms with Gasteiger partial charge in [0.25, 0.3) is 5.56 Å². The van der Waals surface area contributed by atoms with Gasteiger partial charge in [0.2, 0.25) is 0 Å². The first kappa shape index (κ1) is 13.7. The van der Waals surface area contributed by atoms with Gasteiger partial charge in [0.05, 0.1) is 17.6 Å². The first-order valence-electron chi connectivity index (χ1n) is 5.21. The van der Waals surface area contributed by atoms with Crippen molar-refractivity contribution in [2.24, 2.45) is 0 Å². The molecule has 1 aromatic heterocycles. The summed E-state index contributed by atoms with van der Waals surface area (Å²) in [5, 5.41) is 9.89. The molecule has 0 bridgehead atoms. The molecule has 0 aliphatic carbocycles. The van der Waals surface area contributed by atoms with Crippen molar-refractivity contribution in [3.63, 3.8) is 0 Å². The molecule has 1 heterocycles. The lowest BCUT2D eigenvalue weighted by atomic mass is 10.0. The zero-order valence-corrected chi connectivity index (χ0v) is 11.3. The monoisotopic (exact) mass is 301 g/mol. The van der Waals surface area contributed by atoms with Crippen LogP contribution >= 0.6 is 23.2 Å². The molecule has 0 radical (unpaired) electrons. The molecule has 0 saturated heterocycles. The van der Waals surface area contributed by atoms with E-state index < -0.39 is 11.5 Å². The van der Waals surface area contributed by atoms with Gasteiger partial charge >= 0.3 is 5.97 Å². The Bertz CT molecular complexity index is 724. The van der Waals surface area contributed by atoms with E-state index in [0.29, 0.717) is 21.7 Å². The predicted molar refractivity (Wildman–Crippen MR) is 72.6 cm³/mol. The van der Waals surface area contributed by atoms with Crippen molar-refractivity contribution in [2.45, 2.75) is 5.88 Å². The zero-order chi connectivity index (χ0) is 14.2. The van der Waals surface area contributed by atoms with E-state index in [0.717, 1.165) is 0 Å². The standard InChI is InChI=1S/C12H9Cl2NO4/c1-19-9-2-5-6(4-13)10(12(17)18)11(16)15-8(5)3-7(9)14/h2-3H,4H2,1H3,(H,15,16)(H,17,18). The SMILES string of the molecule is COc1cc2c(CCl)c(C(=O)O)c(=O)[nH]c2cc1Cl. The molecule has 0 unspecified atom stereocenters. The summed E-state index contributed by atoms with van der Waals surface area (Å²) in [7, 11) is 1.44. The van der Waals surface area contributed by atoms with Crippen LogP contribution in [0.25, 0.3) is 10.9 Å². The lowest BCUT2D eigenvalue weighted by Crippen LogP contribution is -2.20. The topological polar surface area (TPSA) is 79.4 Å². The number of carbonyl (C=O) groups is 1. The quantitative estimate of drug-likeness (QED) is 0.854. The molecule has 0 fully saturated rings. The van der Waals surface area contributed by atoms with Crippen LogP contribution in [-0.2, 0) is 5.88 Å². The summed E-state index contributed by atoms with van der Waals surface area (Å²) in [6, 6.07) is 3.05. The summed E-state index contributed by atoms with van der Waals surface area (Å²) in [5.41, 5.74) is -0.428. The number of fused-ring (bicyclic) bond motifs is 1. The Hall–Kier alpha value is -1.72. The van der Waals surface area contributed by atoms with Gasteiger partial charge in [0.15, 0.2) is 0 Å². The number of carboxylic acid groups (broad SMARTS) is 1. The minimum Gasteiger partial charge on any atom is -0.495 e. The van der Waals surface area contributed by atoms with E-state index in [1.165, 1.54) is 13.2 Å². The van der Waals surface area contributed by atoms with Crippen molar-refractivity contribution >= 4 is 40.1 Å². The van der Waals surface area contributed by atoms with Crippen LogP contribution < -0.4 is 10.3 Å². The molecule has 5 nitrogen and oxygen atoms in total. The number of carboxylic acids is 1. The minimum absolute atomic E-state index is 0.104. The third kappa shape index (κ3) is 2.27. The molecular formula is C12H9Cl2NO4. The number of aromatic nitrogens is 1. The van der Waals surface area contributed by atoms with Gasteiger partial charge in [-0.1, -0.05) is 11.6 Å². The van der Waals surface area contributed by atoms with Gasteiger partial charge in [-0.2, -0.15) is 0 Å². The van der Waals surface area contributed by atoms with E-state index in [1.807, 2.05) is 0 Å². The van der Waals surface area contributed by atoms with Gasteiger partial charge in [0.1, 0.15) is 11.3 Å². The number of methoxy groups -OCH3 is 1. The Morgan fingerprint density at radius 2 is 2.16 bits per heavy atom. The van der Waals surface area contributed by atoms with Crippen LogP contribution in [0.15, 0.2) is 16.9 Å². The summed E-state index contributed by atoms with van der Waals surface area (Å²) in [4.78, 5) is 25.4. The zero-order valence-electron chi connectivity index (χ0n) is 9.79. The van der Waals surface area contributed by atoms with E-state index in [9.17, 15) is 9.59 Å².